The van der Waals surface area contributed by atoms with E-state index in [1.807, 2.05) is 12.1 Å². The number of rotatable bonds is 5. The predicted octanol–water partition coefficient (Wildman–Crippen LogP) is 3.71. The van der Waals surface area contributed by atoms with Crippen LogP contribution in [-0.2, 0) is 6.54 Å². The van der Waals surface area contributed by atoms with Gasteiger partial charge in [-0.25, -0.2) is 0 Å². The van der Waals surface area contributed by atoms with Crippen LogP contribution in [0.25, 0.3) is 0 Å². The van der Waals surface area contributed by atoms with Crippen molar-refractivity contribution in [1.29, 1.82) is 0 Å². The molecule has 120 valence electrons. The fraction of sp³-hybridized carbons (Fsp3) is 0.684. The lowest BCUT2D eigenvalue weighted by Gasteiger charge is -2.57. The summed E-state index contributed by atoms with van der Waals surface area (Å²) in [7, 11) is 1.62. The highest BCUT2D eigenvalue weighted by Gasteiger charge is 2.50. The molecule has 2 N–H and O–H groups in total. The molecule has 0 spiro atoms. The van der Waals surface area contributed by atoms with Crippen LogP contribution in [0, 0.1) is 23.2 Å². The van der Waals surface area contributed by atoms with Crippen LogP contribution in [0.2, 0.25) is 0 Å². The average Bonchev–Trinajstić information content (AvgIpc) is 2.47. The molecule has 4 bridgehead atoms. The number of aromatic hydroxyl groups is 1. The molecule has 4 aliphatic rings. The van der Waals surface area contributed by atoms with Crippen LogP contribution in [0.15, 0.2) is 18.2 Å². The van der Waals surface area contributed by atoms with E-state index in [4.69, 9.17) is 4.74 Å². The fourth-order valence-corrected chi connectivity index (χ4v) is 5.79. The Morgan fingerprint density at radius 2 is 1.77 bits per heavy atom. The first-order chi connectivity index (χ1) is 10.7. The van der Waals surface area contributed by atoms with Gasteiger partial charge in [0.15, 0.2) is 0 Å². The minimum atomic E-state index is 0.331. The molecule has 4 fully saturated rings. The van der Waals surface area contributed by atoms with Gasteiger partial charge in [-0.3, -0.25) is 0 Å². The monoisotopic (exact) mass is 301 g/mol. The lowest BCUT2D eigenvalue weighted by molar-refractivity contribution is -0.0514. The van der Waals surface area contributed by atoms with Crippen LogP contribution in [0.1, 0.15) is 44.1 Å². The molecule has 4 aliphatic carbocycles. The van der Waals surface area contributed by atoms with E-state index in [2.05, 4.69) is 5.32 Å². The lowest BCUT2D eigenvalue weighted by atomic mass is 9.49. The second-order valence-corrected chi connectivity index (χ2v) is 8.02. The Morgan fingerprint density at radius 1 is 1.14 bits per heavy atom. The first kappa shape index (κ1) is 14.4. The van der Waals surface area contributed by atoms with Crippen LogP contribution in [0.4, 0.5) is 0 Å². The average molecular weight is 301 g/mol. The Labute approximate surface area is 133 Å². The molecule has 0 heterocycles. The van der Waals surface area contributed by atoms with E-state index in [1.165, 1.54) is 38.5 Å². The van der Waals surface area contributed by atoms with Crippen molar-refractivity contribution >= 4 is 0 Å². The van der Waals surface area contributed by atoms with Crippen molar-refractivity contribution in [3.63, 3.8) is 0 Å². The van der Waals surface area contributed by atoms with Gasteiger partial charge in [0.25, 0.3) is 0 Å². The molecule has 4 saturated carbocycles. The molecular formula is C19H27NO2. The molecule has 0 atom stereocenters. The summed E-state index contributed by atoms with van der Waals surface area (Å²) in [6, 6.07) is 5.57. The van der Waals surface area contributed by atoms with Gasteiger partial charge in [0.1, 0.15) is 11.5 Å². The van der Waals surface area contributed by atoms with Gasteiger partial charge in [0, 0.05) is 24.7 Å². The second-order valence-electron chi connectivity index (χ2n) is 8.02. The van der Waals surface area contributed by atoms with Gasteiger partial charge < -0.3 is 15.2 Å². The first-order valence-electron chi connectivity index (χ1n) is 8.72. The van der Waals surface area contributed by atoms with Crippen LogP contribution < -0.4 is 10.1 Å². The van der Waals surface area contributed by atoms with Crippen molar-refractivity contribution in [3.05, 3.63) is 23.8 Å². The molecule has 1 aromatic rings. The number of methoxy groups -OCH3 is 1. The number of nitrogens with one attached hydrogen (secondary N) is 1. The number of hydrogen-bond donors (Lipinski definition) is 2. The van der Waals surface area contributed by atoms with E-state index in [0.717, 1.165) is 36.4 Å². The molecule has 0 unspecified atom stereocenters. The van der Waals surface area contributed by atoms with Gasteiger partial charge in [-0.1, -0.05) is 6.07 Å². The Kier molecular flexibility index (Phi) is 3.56. The molecule has 0 saturated heterocycles. The van der Waals surface area contributed by atoms with E-state index in [1.54, 1.807) is 13.2 Å². The summed E-state index contributed by atoms with van der Waals surface area (Å²) in [6.07, 6.45) is 8.79. The van der Waals surface area contributed by atoms with E-state index >= 15 is 0 Å². The SMILES string of the molecule is COc1ccc(CNCC23CC4CC(CC(C4)C2)C3)c(O)c1. The van der Waals surface area contributed by atoms with E-state index < -0.39 is 0 Å². The van der Waals surface area contributed by atoms with Crippen molar-refractivity contribution in [2.24, 2.45) is 23.2 Å². The maximum atomic E-state index is 10.1. The maximum Gasteiger partial charge on any atom is 0.123 e. The summed E-state index contributed by atoms with van der Waals surface area (Å²) < 4.78 is 5.14. The van der Waals surface area contributed by atoms with Gasteiger partial charge in [-0.15, -0.1) is 0 Å². The van der Waals surface area contributed by atoms with Crippen molar-refractivity contribution in [1.82, 2.24) is 5.32 Å². The summed E-state index contributed by atoms with van der Waals surface area (Å²) in [4.78, 5) is 0. The van der Waals surface area contributed by atoms with Crippen LogP contribution in [0.5, 0.6) is 11.5 Å². The van der Waals surface area contributed by atoms with Crippen molar-refractivity contribution in [2.75, 3.05) is 13.7 Å². The van der Waals surface area contributed by atoms with Crippen molar-refractivity contribution in [3.8, 4) is 11.5 Å². The molecule has 3 heteroatoms. The number of hydrogen-bond acceptors (Lipinski definition) is 3. The van der Waals surface area contributed by atoms with Gasteiger partial charge in [-0.05, 0) is 67.8 Å². The zero-order chi connectivity index (χ0) is 15.2. The third-order valence-corrected chi connectivity index (χ3v) is 6.27. The summed E-state index contributed by atoms with van der Waals surface area (Å²) in [6.45, 7) is 1.86. The molecule has 0 aromatic heterocycles. The van der Waals surface area contributed by atoms with E-state index in [0.29, 0.717) is 16.9 Å². The molecule has 22 heavy (non-hydrogen) atoms. The van der Waals surface area contributed by atoms with Gasteiger partial charge in [0.2, 0.25) is 0 Å². The van der Waals surface area contributed by atoms with Crippen LogP contribution in [-0.4, -0.2) is 18.8 Å². The molecule has 1 aromatic carbocycles. The minimum absolute atomic E-state index is 0.331. The zero-order valence-electron chi connectivity index (χ0n) is 13.5. The number of ether oxygens (including phenoxy) is 1. The smallest absolute Gasteiger partial charge is 0.123 e. The second kappa shape index (κ2) is 5.45. The van der Waals surface area contributed by atoms with Gasteiger partial charge >= 0.3 is 0 Å². The Bertz CT molecular complexity index is 519. The van der Waals surface area contributed by atoms with Crippen molar-refractivity contribution in [2.45, 2.75) is 45.1 Å². The standard InChI is InChI=1S/C19H27NO2/c1-22-17-3-2-16(18(21)7-17)11-20-12-19-8-13-4-14(9-19)6-15(5-13)10-19/h2-3,7,13-15,20-21H,4-6,8-12H2,1H3. The minimum Gasteiger partial charge on any atom is -0.507 e. The molecule has 3 nitrogen and oxygen atoms in total. The topological polar surface area (TPSA) is 41.5 Å². The highest BCUT2D eigenvalue weighted by molar-refractivity contribution is 5.39. The summed E-state index contributed by atoms with van der Waals surface area (Å²) in [5.74, 6) is 4.05. The van der Waals surface area contributed by atoms with E-state index in [9.17, 15) is 5.11 Å². The Hall–Kier alpha value is -1.22. The highest BCUT2D eigenvalue weighted by atomic mass is 16.5. The normalized spacial score (nSPS) is 35.8. The Balaban J connectivity index is 1.37. The first-order valence-corrected chi connectivity index (χ1v) is 8.72. The maximum absolute atomic E-state index is 10.1. The van der Waals surface area contributed by atoms with Gasteiger partial charge in [0.05, 0.1) is 7.11 Å². The Morgan fingerprint density at radius 3 is 2.32 bits per heavy atom. The largest absolute Gasteiger partial charge is 0.507 e. The number of phenolic OH excluding ortho intramolecular Hbond substituents is 1. The van der Waals surface area contributed by atoms with E-state index in [-0.39, 0.29) is 0 Å². The lowest BCUT2D eigenvalue weighted by Crippen LogP contribution is -2.50. The molecule has 5 rings (SSSR count). The fourth-order valence-electron chi connectivity index (χ4n) is 5.79. The number of phenols is 1. The predicted molar refractivity (Wildman–Crippen MR) is 87.0 cm³/mol. The molecule has 0 aliphatic heterocycles. The summed E-state index contributed by atoms with van der Waals surface area (Å²) >= 11 is 0. The summed E-state index contributed by atoms with van der Waals surface area (Å²) in [5.41, 5.74) is 1.52. The highest BCUT2D eigenvalue weighted by Crippen LogP contribution is 2.59. The molecule has 0 amide bonds. The molecule has 0 radical (unpaired) electrons. The zero-order valence-corrected chi connectivity index (χ0v) is 13.5. The third-order valence-electron chi connectivity index (χ3n) is 6.27. The van der Waals surface area contributed by atoms with Crippen LogP contribution in [0.3, 0.4) is 0 Å². The molecular weight excluding hydrogens is 274 g/mol. The number of benzene rings is 1. The third kappa shape index (κ3) is 2.60. The van der Waals surface area contributed by atoms with Crippen molar-refractivity contribution < 1.29 is 9.84 Å². The van der Waals surface area contributed by atoms with Gasteiger partial charge in [-0.2, -0.15) is 0 Å². The summed E-state index contributed by atoms with van der Waals surface area (Å²) in [5, 5.41) is 13.7. The quantitative estimate of drug-likeness (QED) is 0.871. The van der Waals surface area contributed by atoms with Crippen LogP contribution >= 0.6 is 0 Å².